The summed E-state index contributed by atoms with van der Waals surface area (Å²) in [5.74, 6) is -0.738. The average Bonchev–Trinajstić information content (AvgIpc) is 2.80. The topological polar surface area (TPSA) is 58.5 Å². The Morgan fingerprint density at radius 2 is 2.19 bits per heavy atom. The predicted octanol–water partition coefficient (Wildman–Crippen LogP) is 2.37. The smallest absolute Gasteiger partial charge is 0.275 e. The molecule has 0 bridgehead atoms. The Morgan fingerprint density at radius 3 is 3.00 bits per heavy atom. The maximum Gasteiger partial charge on any atom is 0.347 e. The van der Waals surface area contributed by atoms with Gasteiger partial charge in [-0.2, -0.15) is 0 Å². The fraction of sp³-hybridized carbons (Fsp3) is 0.100. The zero-order valence-electron chi connectivity index (χ0n) is 7.97. The van der Waals surface area contributed by atoms with E-state index in [0.29, 0.717) is 0 Å². The van der Waals surface area contributed by atoms with E-state index in [1.54, 1.807) is 22.7 Å². The van der Waals surface area contributed by atoms with Crippen LogP contribution >= 0.6 is 22.7 Å². The van der Waals surface area contributed by atoms with Gasteiger partial charge in [0.15, 0.2) is 0 Å². The number of rotatable bonds is 1. The molecule has 0 aromatic carbocycles. The first kappa shape index (κ1) is 9.68. The van der Waals surface area contributed by atoms with Crippen LogP contribution in [0.15, 0.2) is 21.8 Å². The van der Waals surface area contributed by atoms with Gasteiger partial charge in [-0.25, -0.2) is 9.79 Å². The third-order valence-electron chi connectivity index (χ3n) is 2.39. The van der Waals surface area contributed by atoms with Crippen molar-refractivity contribution in [1.29, 1.82) is 0 Å². The van der Waals surface area contributed by atoms with Gasteiger partial charge in [0.1, 0.15) is 5.92 Å². The zero-order valence-corrected chi connectivity index (χ0v) is 9.60. The molecule has 0 saturated carbocycles. The minimum absolute atomic E-state index is 0.298. The highest BCUT2D eigenvalue weighted by atomic mass is 32.1. The summed E-state index contributed by atoms with van der Waals surface area (Å²) in [6, 6.07) is 1.44. The molecule has 0 aliphatic carbocycles. The number of hydrogen-bond donors (Lipinski definition) is 1. The average molecular weight is 250 g/mol. The third-order valence-corrected chi connectivity index (χ3v) is 4.45. The van der Waals surface area contributed by atoms with Crippen LogP contribution in [0.3, 0.4) is 0 Å². The largest absolute Gasteiger partial charge is 0.347 e. The van der Waals surface area contributed by atoms with Crippen LogP contribution in [-0.4, -0.2) is 18.2 Å². The number of imide groups is 1. The Bertz CT molecular complexity index is 611. The van der Waals surface area contributed by atoms with Crippen LogP contribution < -0.4 is 5.32 Å². The van der Waals surface area contributed by atoms with Gasteiger partial charge in [-0.1, -0.05) is 0 Å². The molecule has 2 aromatic heterocycles. The third kappa shape index (κ3) is 1.38. The lowest BCUT2D eigenvalue weighted by Gasteiger charge is -2.13. The van der Waals surface area contributed by atoms with Crippen LogP contribution in [0.5, 0.6) is 0 Å². The maximum absolute atomic E-state index is 11.7. The van der Waals surface area contributed by atoms with Crippen LogP contribution in [0.25, 0.3) is 9.40 Å². The summed E-state index contributed by atoms with van der Waals surface area (Å²) < 4.78 is 2.27. The molecule has 2 aromatic rings. The van der Waals surface area contributed by atoms with Crippen molar-refractivity contribution < 1.29 is 9.59 Å². The highest BCUT2D eigenvalue weighted by molar-refractivity contribution is 7.26. The number of nitrogens with one attached hydrogen (secondary N) is 1. The van der Waals surface area contributed by atoms with E-state index in [0.717, 1.165) is 15.0 Å². The minimum atomic E-state index is -0.584. The Labute approximate surface area is 98.6 Å². The summed E-state index contributed by atoms with van der Waals surface area (Å²) in [7, 11) is 0. The number of aliphatic imine (C=N–C) groups is 1. The maximum atomic E-state index is 11.7. The molecule has 3 rings (SSSR count). The van der Waals surface area contributed by atoms with Crippen molar-refractivity contribution in [3.05, 3.63) is 22.4 Å². The molecule has 16 heavy (non-hydrogen) atoms. The summed E-state index contributed by atoms with van der Waals surface area (Å²) in [5, 5.41) is 6.15. The molecule has 0 spiro atoms. The SMILES string of the molecule is O=C1N=CC(c2csc3ccsc23)C(=O)N1. The summed E-state index contributed by atoms with van der Waals surface area (Å²) in [5.41, 5.74) is 0.934. The standard InChI is InChI=1S/C10H6N2O2S2/c13-9-5(3-11-10(14)12-9)6-4-16-7-1-2-15-8(6)7/h1-5H,(H,12,13,14). The van der Waals surface area contributed by atoms with Crippen molar-refractivity contribution in [2.45, 2.75) is 5.92 Å². The first-order valence-corrected chi connectivity index (χ1v) is 6.35. The van der Waals surface area contributed by atoms with Gasteiger partial charge in [-0.3, -0.25) is 10.1 Å². The number of thiophene rings is 2. The highest BCUT2D eigenvalue weighted by Crippen LogP contribution is 2.35. The van der Waals surface area contributed by atoms with Gasteiger partial charge in [0.25, 0.3) is 0 Å². The van der Waals surface area contributed by atoms with Crippen molar-refractivity contribution >= 4 is 50.2 Å². The summed E-state index contributed by atoms with van der Waals surface area (Å²) >= 11 is 3.20. The normalized spacial score (nSPS) is 20.4. The van der Waals surface area contributed by atoms with E-state index in [2.05, 4.69) is 10.3 Å². The van der Waals surface area contributed by atoms with Crippen LogP contribution in [0, 0.1) is 0 Å². The van der Waals surface area contributed by atoms with Crippen LogP contribution in [0.2, 0.25) is 0 Å². The van der Waals surface area contributed by atoms with E-state index in [1.165, 1.54) is 6.21 Å². The molecule has 1 unspecified atom stereocenters. The van der Waals surface area contributed by atoms with Crippen molar-refractivity contribution in [1.82, 2.24) is 5.32 Å². The zero-order chi connectivity index (χ0) is 11.1. The number of fused-ring (bicyclic) bond motifs is 1. The molecule has 1 atom stereocenters. The van der Waals surface area contributed by atoms with Gasteiger partial charge in [-0.05, 0) is 22.4 Å². The second-order valence-corrected chi connectivity index (χ2v) is 5.18. The number of carbonyl (C=O) groups is 2. The molecule has 0 fully saturated rings. The highest BCUT2D eigenvalue weighted by Gasteiger charge is 2.27. The Hall–Kier alpha value is -1.53. The minimum Gasteiger partial charge on any atom is -0.275 e. The Morgan fingerprint density at radius 1 is 1.31 bits per heavy atom. The van der Waals surface area contributed by atoms with Crippen molar-refractivity contribution in [2.24, 2.45) is 4.99 Å². The Kier molecular flexibility index (Phi) is 2.12. The van der Waals surface area contributed by atoms with Crippen LogP contribution in [0.4, 0.5) is 4.79 Å². The second-order valence-electron chi connectivity index (χ2n) is 3.36. The molecule has 80 valence electrons. The number of hydrogen-bond acceptors (Lipinski definition) is 4. The summed E-state index contributed by atoms with van der Waals surface area (Å²) in [4.78, 5) is 26.2. The van der Waals surface area contributed by atoms with E-state index in [-0.39, 0.29) is 5.91 Å². The summed E-state index contributed by atoms with van der Waals surface area (Å²) in [6.07, 6.45) is 1.42. The predicted molar refractivity (Wildman–Crippen MR) is 64.5 cm³/mol. The van der Waals surface area contributed by atoms with E-state index in [9.17, 15) is 9.59 Å². The molecular formula is C10H6N2O2S2. The van der Waals surface area contributed by atoms with E-state index in [4.69, 9.17) is 0 Å². The lowest BCUT2D eigenvalue weighted by Crippen LogP contribution is -2.37. The fourth-order valence-electron chi connectivity index (χ4n) is 1.64. The first-order valence-electron chi connectivity index (χ1n) is 4.59. The van der Waals surface area contributed by atoms with Crippen LogP contribution in [-0.2, 0) is 4.79 Å². The monoisotopic (exact) mass is 250 g/mol. The molecule has 3 amide bonds. The molecule has 0 saturated heterocycles. The van der Waals surface area contributed by atoms with E-state index >= 15 is 0 Å². The lowest BCUT2D eigenvalue weighted by molar-refractivity contribution is -0.120. The molecular weight excluding hydrogens is 244 g/mol. The molecule has 0 radical (unpaired) electrons. The number of nitrogens with zero attached hydrogens (tertiary/aromatic N) is 1. The second kappa shape index (κ2) is 3.50. The number of urea groups is 1. The summed E-state index contributed by atoms with van der Waals surface area (Å²) in [6.45, 7) is 0. The van der Waals surface area contributed by atoms with Gasteiger partial charge < -0.3 is 0 Å². The van der Waals surface area contributed by atoms with Gasteiger partial charge >= 0.3 is 6.03 Å². The quantitative estimate of drug-likeness (QED) is 0.844. The fourth-order valence-corrected chi connectivity index (χ4v) is 3.83. The van der Waals surface area contributed by atoms with Crippen molar-refractivity contribution in [3.63, 3.8) is 0 Å². The Balaban J connectivity index is 2.11. The molecule has 1 N–H and O–H groups in total. The molecule has 3 heterocycles. The van der Waals surface area contributed by atoms with E-state index in [1.807, 2.05) is 16.8 Å². The van der Waals surface area contributed by atoms with Gasteiger partial charge in [0, 0.05) is 15.6 Å². The number of amides is 3. The number of carbonyl (C=O) groups excluding carboxylic acids is 2. The molecule has 1 aliphatic rings. The molecule has 1 aliphatic heterocycles. The molecule has 4 nitrogen and oxygen atoms in total. The molecule has 6 heteroatoms. The van der Waals surface area contributed by atoms with Gasteiger partial charge in [-0.15, -0.1) is 22.7 Å². The van der Waals surface area contributed by atoms with Gasteiger partial charge in [0.05, 0.1) is 0 Å². The lowest BCUT2D eigenvalue weighted by atomic mass is 10.0. The van der Waals surface area contributed by atoms with Crippen molar-refractivity contribution in [3.8, 4) is 0 Å². The first-order chi connectivity index (χ1) is 7.75. The van der Waals surface area contributed by atoms with Gasteiger partial charge in [0.2, 0.25) is 5.91 Å². The van der Waals surface area contributed by atoms with Crippen molar-refractivity contribution in [2.75, 3.05) is 0 Å². The van der Waals surface area contributed by atoms with Crippen LogP contribution in [0.1, 0.15) is 11.5 Å². The van der Waals surface area contributed by atoms with E-state index < -0.39 is 11.9 Å².